The lowest BCUT2D eigenvalue weighted by atomic mass is 10.2. The van der Waals surface area contributed by atoms with Crippen LogP contribution in [0.15, 0.2) is 35.5 Å². The number of benzene rings is 1. The molecule has 0 aliphatic rings. The highest BCUT2D eigenvalue weighted by Crippen LogP contribution is 2.28. The Labute approximate surface area is 91.3 Å². The van der Waals surface area contributed by atoms with Gasteiger partial charge in [0.15, 0.2) is 23.1 Å². The molecule has 4 N–H and O–H groups in total. The largest absolute Gasteiger partial charge is 0.382 e. The van der Waals surface area contributed by atoms with Gasteiger partial charge in [-0.15, -0.1) is 4.91 Å². The van der Waals surface area contributed by atoms with Crippen LogP contribution in [0.4, 0.5) is 17.3 Å². The van der Waals surface area contributed by atoms with Crippen LogP contribution in [0.1, 0.15) is 0 Å². The zero-order valence-electron chi connectivity index (χ0n) is 8.29. The van der Waals surface area contributed by atoms with Gasteiger partial charge in [-0.05, 0) is 5.18 Å². The summed E-state index contributed by atoms with van der Waals surface area (Å²) in [6, 6.07) is 9.20. The summed E-state index contributed by atoms with van der Waals surface area (Å²) in [5, 5.41) is 2.68. The molecule has 0 aliphatic heterocycles. The zero-order chi connectivity index (χ0) is 11.5. The third-order valence-corrected chi connectivity index (χ3v) is 2.06. The summed E-state index contributed by atoms with van der Waals surface area (Å²) in [6.45, 7) is 0. The molecule has 6 heteroatoms. The zero-order valence-corrected chi connectivity index (χ0v) is 8.29. The minimum Gasteiger partial charge on any atom is -0.382 e. The summed E-state index contributed by atoms with van der Waals surface area (Å²) in [6.07, 6.45) is 0. The number of hydrogen-bond donors (Lipinski definition) is 2. The van der Waals surface area contributed by atoms with Crippen LogP contribution < -0.4 is 11.5 Å². The van der Waals surface area contributed by atoms with Gasteiger partial charge in [0, 0.05) is 5.56 Å². The molecule has 2 aromatic rings. The number of anilines is 2. The number of nitrogens with two attached hydrogens (primary N) is 2. The molecule has 0 saturated heterocycles. The maximum absolute atomic E-state index is 10.4. The summed E-state index contributed by atoms with van der Waals surface area (Å²) in [7, 11) is 0. The van der Waals surface area contributed by atoms with Gasteiger partial charge in [0.25, 0.3) is 0 Å². The molecule has 1 aromatic heterocycles. The van der Waals surface area contributed by atoms with Gasteiger partial charge in [-0.25, -0.2) is 9.97 Å². The molecule has 0 amide bonds. The third-order valence-electron chi connectivity index (χ3n) is 2.06. The van der Waals surface area contributed by atoms with Crippen molar-refractivity contribution in [2.24, 2.45) is 5.18 Å². The Hall–Kier alpha value is -2.50. The summed E-state index contributed by atoms with van der Waals surface area (Å²) in [4.78, 5) is 18.3. The Bertz CT molecular complexity index is 503. The summed E-state index contributed by atoms with van der Waals surface area (Å²) >= 11 is 0. The Kier molecular flexibility index (Phi) is 2.47. The minimum absolute atomic E-state index is 0.0126. The van der Waals surface area contributed by atoms with Crippen LogP contribution in [0, 0.1) is 4.91 Å². The van der Waals surface area contributed by atoms with Crippen LogP contribution in [0.25, 0.3) is 11.4 Å². The van der Waals surface area contributed by atoms with E-state index in [1.54, 1.807) is 0 Å². The van der Waals surface area contributed by atoms with Gasteiger partial charge in [0.2, 0.25) is 0 Å². The molecule has 0 atom stereocenters. The number of nitroso groups, excluding NO2 is 1. The number of aromatic nitrogens is 2. The van der Waals surface area contributed by atoms with E-state index < -0.39 is 0 Å². The average Bonchev–Trinajstić information content (AvgIpc) is 2.30. The van der Waals surface area contributed by atoms with Gasteiger partial charge in [-0.3, -0.25) is 0 Å². The van der Waals surface area contributed by atoms with E-state index in [9.17, 15) is 4.91 Å². The van der Waals surface area contributed by atoms with Crippen molar-refractivity contribution in [3.8, 4) is 11.4 Å². The average molecular weight is 215 g/mol. The lowest BCUT2D eigenvalue weighted by Crippen LogP contribution is -2.01. The second kappa shape index (κ2) is 3.93. The summed E-state index contributed by atoms with van der Waals surface area (Å²) < 4.78 is 0. The van der Waals surface area contributed by atoms with E-state index in [2.05, 4.69) is 15.1 Å². The molecule has 0 aliphatic carbocycles. The van der Waals surface area contributed by atoms with Gasteiger partial charge in [0.1, 0.15) is 0 Å². The SMILES string of the molecule is Nc1nc(-c2ccccc2)nc(N)c1N=O. The molecule has 1 heterocycles. The smallest absolute Gasteiger partial charge is 0.192 e. The second-order valence-corrected chi connectivity index (χ2v) is 3.12. The van der Waals surface area contributed by atoms with E-state index in [0.717, 1.165) is 5.56 Å². The third kappa shape index (κ3) is 1.68. The van der Waals surface area contributed by atoms with Crippen molar-refractivity contribution in [2.75, 3.05) is 11.5 Å². The van der Waals surface area contributed by atoms with E-state index in [0.29, 0.717) is 5.82 Å². The highest BCUT2D eigenvalue weighted by molar-refractivity contribution is 5.73. The highest BCUT2D eigenvalue weighted by Gasteiger charge is 2.11. The van der Waals surface area contributed by atoms with Gasteiger partial charge in [0.05, 0.1) is 0 Å². The van der Waals surface area contributed by atoms with Crippen LogP contribution in [-0.2, 0) is 0 Å². The Morgan fingerprint density at radius 2 is 1.56 bits per heavy atom. The molecule has 0 saturated carbocycles. The number of nitrogens with zero attached hydrogens (tertiary/aromatic N) is 3. The Morgan fingerprint density at radius 3 is 2.06 bits per heavy atom. The second-order valence-electron chi connectivity index (χ2n) is 3.12. The molecule has 80 valence electrons. The van der Waals surface area contributed by atoms with Gasteiger partial charge < -0.3 is 11.5 Å². The molecule has 0 fully saturated rings. The fourth-order valence-corrected chi connectivity index (χ4v) is 1.30. The van der Waals surface area contributed by atoms with Crippen LogP contribution in [0.2, 0.25) is 0 Å². The Balaban J connectivity index is 2.57. The van der Waals surface area contributed by atoms with Crippen LogP contribution in [-0.4, -0.2) is 9.97 Å². The summed E-state index contributed by atoms with van der Waals surface area (Å²) in [5.74, 6) is 0.353. The molecule has 6 nitrogen and oxygen atoms in total. The lowest BCUT2D eigenvalue weighted by Gasteiger charge is -2.04. The molecule has 0 unspecified atom stereocenters. The fourth-order valence-electron chi connectivity index (χ4n) is 1.30. The number of nitrogen functional groups attached to an aromatic ring is 2. The van der Waals surface area contributed by atoms with Crippen LogP contribution in [0.3, 0.4) is 0 Å². The molecule has 0 spiro atoms. The quantitative estimate of drug-likeness (QED) is 0.741. The lowest BCUT2D eigenvalue weighted by molar-refractivity contribution is 1.18. The fraction of sp³-hybridized carbons (Fsp3) is 0. The van der Waals surface area contributed by atoms with E-state index in [4.69, 9.17) is 11.5 Å². The maximum atomic E-state index is 10.4. The standard InChI is InChI=1S/C10H9N5O/c11-8-7(15-16)9(12)14-10(13-8)6-4-2-1-3-5-6/h1-5H,(H4,11,12,13,14). The van der Waals surface area contributed by atoms with Crippen molar-refractivity contribution < 1.29 is 0 Å². The van der Waals surface area contributed by atoms with E-state index in [-0.39, 0.29) is 17.3 Å². The predicted octanol–water partition coefficient (Wildman–Crippen LogP) is 1.71. The van der Waals surface area contributed by atoms with Gasteiger partial charge in [-0.1, -0.05) is 30.3 Å². The predicted molar refractivity (Wildman–Crippen MR) is 61.7 cm³/mol. The topological polar surface area (TPSA) is 107 Å². The molecule has 0 bridgehead atoms. The first-order valence-electron chi connectivity index (χ1n) is 4.54. The molecule has 0 radical (unpaired) electrons. The van der Waals surface area contributed by atoms with E-state index in [1.165, 1.54) is 0 Å². The van der Waals surface area contributed by atoms with Crippen molar-refractivity contribution >= 4 is 17.3 Å². The number of hydrogen-bond acceptors (Lipinski definition) is 6. The van der Waals surface area contributed by atoms with Gasteiger partial charge >= 0.3 is 0 Å². The highest BCUT2D eigenvalue weighted by atomic mass is 16.3. The first kappa shape index (κ1) is 10.0. The first-order chi connectivity index (χ1) is 7.72. The monoisotopic (exact) mass is 215 g/mol. The Morgan fingerprint density at radius 1 is 1.00 bits per heavy atom. The molecule has 1 aromatic carbocycles. The van der Waals surface area contributed by atoms with Crippen molar-refractivity contribution in [2.45, 2.75) is 0 Å². The molecular weight excluding hydrogens is 206 g/mol. The normalized spacial score (nSPS) is 10.0. The minimum atomic E-state index is -0.111. The van der Waals surface area contributed by atoms with E-state index >= 15 is 0 Å². The summed E-state index contributed by atoms with van der Waals surface area (Å²) in [5.41, 5.74) is 11.8. The molecule has 2 rings (SSSR count). The van der Waals surface area contributed by atoms with Crippen molar-refractivity contribution in [3.63, 3.8) is 0 Å². The van der Waals surface area contributed by atoms with Crippen molar-refractivity contribution in [1.29, 1.82) is 0 Å². The van der Waals surface area contributed by atoms with Crippen LogP contribution in [0.5, 0.6) is 0 Å². The van der Waals surface area contributed by atoms with Crippen molar-refractivity contribution in [1.82, 2.24) is 9.97 Å². The molecular formula is C10H9N5O. The van der Waals surface area contributed by atoms with E-state index in [1.807, 2.05) is 30.3 Å². The maximum Gasteiger partial charge on any atom is 0.192 e. The molecule has 16 heavy (non-hydrogen) atoms. The van der Waals surface area contributed by atoms with Crippen LogP contribution >= 0.6 is 0 Å². The first-order valence-corrected chi connectivity index (χ1v) is 4.54. The number of rotatable bonds is 2. The van der Waals surface area contributed by atoms with Gasteiger partial charge in [-0.2, -0.15) is 0 Å². The van der Waals surface area contributed by atoms with Crippen molar-refractivity contribution in [3.05, 3.63) is 35.2 Å².